The summed E-state index contributed by atoms with van der Waals surface area (Å²) in [6.45, 7) is 7.62. The van der Waals surface area contributed by atoms with E-state index in [0.29, 0.717) is 32.7 Å². The highest BCUT2D eigenvalue weighted by Gasteiger charge is 2.25. The average Bonchev–Trinajstić information content (AvgIpc) is 3.10. The molecule has 0 spiro atoms. The first-order valence-electron chi connectivity index (χ1n) is 9.44. The van der Waals surface area contributed by atoms with E-state index in [1.807, 2.05) is 26.4 Å². The fourth-order valence-corrected chi connectivity index (χ4v) is 3.76. The molecule has 1 N–H and O–H groups in total. The number of aryl methyl sites for hydroxylation is 1. The van der Waals surface area contributed by atoms with Gasteiger partial charge in [-0.1, -0.05) is 0 Å². The van der Waals surface area contributed by atoms with Gasteiger partial charge in [0, 0.05) is 52.0 Å². The highest BCUT2D eigenvalue weighted by molar-refractivity contribution is 14.0. The Morgan fingerprint density at radius 1 is 1.46 bits per heavy atom. The zero-order valence-corrected chi connectivity index (χ0v) is 20.3. The van der Waals surface area contributed by atoms with E-state index < -0.39 is 10.0 Å². The van der Waals surface area contributed by atoms with Gasteiger partial charge in [-0.2, -0.15) is 5.10 Å². The van der Waals surface area contributed by atoms with Gasteiger partial charge in [-0.25, -0.2) is 12.7 Å². The first-order chi connectivity index (χ1) is 12.9. The van der Waals surface area contributed by atoms with Crippen molar-refractivity contribution in [3.63, 3.8) is 0 Å². The Hall–Kier alpha value is -0.920. The summed E-state index contributed by atoms with van der Waals surface area (Å²) in [7, 11) is 0.382. The Morgan fingerprint density at radius 3 is 2.82 bits per heavy atom. The molecule has 1 unspecified atom stereocenters. The van der Waals surface area contributed by atoms with Crippen LogP contribution in [0.25, 0.3) is 0 Å². The summed E-state index contributed by atoms with van der Waals surface area (Å²) in [5.41, 5.74) is 1.06. The van der Waals surface area contributed by atoms with Crippen molar-refractivity contribution >= 4 is 40.0 Å². The van der Waals surface area contributed by atoms with E-state index in [4.69, 9.17) is 4.74 Å². The number of halogens is 1. The van der Waals surface area contributed by atoms with Crippen LogP contribution in [0, 0.1) is 0 Å². The van der Waals surface area contributed by atoms with Crippen LogP contribution in [0.1, 0.15) is 31.9 Å². The van der Waals surface area contributed by atoms with Gasteiger partial charge in [0.25, 0.3) is 0 Å². The van der Waals surface area contributed by atoms with Gasteiger partial charge in [0.05, 0.1) is 25.1 Å². The van der Waals surface area contributed by atoms with Crippen LogP contribution in [0.4, 0.5) is 0 Å². The maximum absolute atomic E-state index is 11.8. The maximum atomic E-state index is 11.8. The van der Waals surface area contributed by atoms with E-state index in [2.05, 4.69) is 20.3 Å². The van der Waals surface area contributed by atoms with Gasteiger partial charge in [0.15, 0.2) is 5.96 Å². The Kier molecular flexibility index (Phi) is 10.7. The molecular weight excluding hydrogens is 495 g/mol. The van der Waals surface area contributed by atoms with Crippen LogP contribution in [0.15, 0.2) is 17.4 Å². The molecule has 0 radical (unpaired) electrons. The molecule has 1 fully saturated rings. The minimum Gasteiger partial charge on any atom is -0.370 e. The smallest absolute Gasteiger partial charge is 0.213 e. The monoisotopic (exact) mass is 528 g/mol. The van der Waals surface area contributed by atoms with E-state index in [9.17, 15) is 8.42 Å². The molecule has 162 valence electrons. The molecular formula is C17H33IN6O3S. The number of ether oxygens (including phenoxy) is 1. The zero-order chi connectivity index (χ0) is 19.9. The predicted molar refractivity (Wildman–Crippen MR) is 122 cm³/mol. The van der Waals surface area contributed by atoms with Crippen molar-refractivity contribution < 1.29 is 13.2 Å². The summed E-state index contributed by atoms with van der Waals surface area (Å²) in [5.74, 6) is 0.967. The van der Waals surface area contributed by atoms with Crippen LogP contribution in [0.2, 0.25) is 0 Å². The van der Waals surface area contributed by atoms with Crippen molar-refractivity contribution in [2.45, 2.75) is 26.4 Å². The predicted octanol–water partition coefficient (Wildman–Crippen LogP) is 1.05. The third-order valence-electron chi connectivity index (χ3n) is 4.53. The fourth-order valence-electron chi connectivity index (χ4n) is 2.91. The quantitative estimate of drug-likeness (QED) is 0.235. The molecule has 1 atom stereocenters. The molecule has 1 aromatic heterocycles. The lowest BCUT2D eigenvalue weighted by Crippen LogP contribution is -2.48. The number of sulfonamides is 1. The topological polar surface area (TPSA) is 92.1 Å². The van der Waals surface area contributed by atoms with Gasteiger partial charge < -0.3 is 15.0 Å². The molecule has 1 aliphatic heterocycles. The van der Waals surface area contributed by atoms with Gasteiger partial charge in [-0.05, 0) is 20.3 Å². The molecule has 0 aliphatic carbocycles. The molecule has 0 bridgehead atoms. The van der Waals surface area contributed by atoms with E-state index >= 15 is 0 Å². The molecule has 9 nitrogen and oxygen atoms in total. The molecule has 2 heterocycles. The number of nitrogens with zero attached hydrogens (tertiary/aromatic N) is 5. The van der Waals surface area contributed by atoms with Gasteiger partial charge in [0.2, 0.25) is 10.0 Å². The lowest BCUT2D eigenvalue weighted by molar-refractivity contribution is -0.00804. The summed E-state index contributed by atoms with van der Waals surface area (Å²) in [4.78, 5) is 6.88. The SMILES string of the molecule is CCNC(=NCCCN(C)S(=O)(=O)CC)N1CCOC(c2cnn(C)c2)C1.I. The highest BCUT2D eigenvalue weighted by Crippen LogP contribution is 2.21. The second-order valence-electron chi connectivity index (χ2n) is 6.56. The minimum atomic E-state index is -3.13. The van der Waals surface area contributed by atoms with E-state index in [0.717, 1.165) is 24.6 Å². The second kappa shape index (κ2) is 11.9. The van der Waals surface area contributed by atoms with Crippen LogP contribution in [0.5, 0.6) is 0 Å². The van der Waals surface area contributed by atoms with Crippen molar-refractivity contribution in [2.75, 3.05) is 52.1 Å². The standard InChI is InChI=1S/C17H32N6O3S.HI/c1-5-18-17(19-8-7-9-22(4)27(24,25)6-2)23-10-11-26-16(14-23)15-12-20-21(3)13-15;/h12-13,16H,5-11,14H2,1-4H3,(H,18,19);1H. The first-order valence-corrected chi connectivity index (χ1v) is 11.1. The van der Waals surface area contributed by atoms with Gasteiger partial charge in [-0.3, -0.25) is 9.67 Å². The Bertz CT molecular complexity index is 724. The van der Waals surface area contributed by atoms with Crippen molar-refractivity contribution in [1.82, 2.24) is 24.3 Å². The van der Waals surface area contributed by atoms with Crippen molar-refractivity contribution in [1.29, 1.82) is 0 Å². The Balaban J connectivity index is 0.00000392. The third-order valence-corrected chi connectivity index (χ3v) is 6.39. The largest absolute Gasteiger partial charge is 0.370 e. The molecule has 11 heteroatoms. The molecule has 1 saturated heterocycles. The summed E-state index contributed by atoms with van der Waals surface area (Å²) >= 11 is 0. The fraction of sp³-hybridized carbons (Fsp3) is 0.765. The Labute approximate surface area is 185 Å². The highest BCUT2D eigenvalue weighted by atomic mass is 127. The second-order valence-corrected chi connectivity index (χ2v) is 8.93. The average molecular weight is 528 g/mol. The number of nitrogens with one attached hydrogen (secondary N) is 1. The number of rotatable bonds is 8. The molecule has 0 saturated carbocycles. The number of guanidine groups is 1. The van der Waals surface area contributed by atoms with Crippen LogP contribution >= 0.6 is 24.0 Å². The number of aromatic nitrogens is 2. The van der Waals surface area contributed by atoms with Gasteiger partial charge in [0.1, 0.15) is 6.10 Å². The number of aliphatic imine (C=N–C) groups is 1. The Morgan fingerprint density at radius 2 is 2.21 bits per heavy atom. The van der Waals surface area contributed by atoms with E-state index in [-0.39, 0.29) is 35.8 Å². The number of hydrogen-bond acceptors (Lipinski definition) is 5. The zero-order valence-electron chi connectivity index (χ0n) is 17.2. The number of hydrogen-bond donors (Lipinski definition) is 1. The van der Waals surface area contributed by atoms with Crippen LogP contribution in [-0.2, 0) is 21.8 Å². The molecule has 0 amide bonds. The first kappa shape index (κ1) is 25.1. The summed E-state index contributed by atoms with van der Waals surface area (Å²) in [6.07, 6.45) is 4.46. The van der Waals surface area contributed by atoms with E-state index in [1.54, 1.807) is 18.7 Å². The molecule has 1 aromatic rings. The molecule has 2 rings (SSSR count). The normalized spacial score (nSPS) is 18.2. The number of morpholine rings is 1. The molecule has 0 aromatic carbocycles. The lowest BCUT2D eigenvalue weighted by Gasteiger charge is -2.34. The molecule has 1 aliphatic rings. The summed E-state index contributed by atoms with van der Waals surface area (Å²) in [5, 5.41) is 7.55. The van der Waals surface area contributed by atoms with E-state index in [1.165, 1.54) is 4.31 Å². The van der Waals surface area contributed by atoms with Crippen LogP contribution in [0.3, 0.4) is 0 Å². The molecule has 28 heavy (non-hydrogen) atoms. The van der Waals surface area contributed by atoms with Gasteiger partial charge in [-0.15, -0.1) is 24.0 Å². The summed E-state index contributed by atoms with van der Waals surface area (Å²) in [6, 6.07) is 0. The summed E-state index contributed by atoms with van der Waals surface area (Å²) < 4.78 is 32.7. The van der Waals surface area contributed by atoms with Crippen molar-refractivity contribution in [3.8, 4) is 0 Å². The van der Waals surface area contributed by atoms with Crippen LogP contribution in [-0.4, -0.2) is 85.5 Å². The third kappa shape index (κ3) is 7.16. The van der Waals surface area contributed by atoms with Gasteiger partial charge >= 0.3 is 0 Å². The van der Waals surface area contributed by atoms with Crippen molar-refractivity contribution in [2.24, 2.45) is 12.0 Å². The maximum Gasteiger partial charge on any atom is 0.213 e. The van der Waals surface area contributed by atoms with Crippen LogP contribution < -0.4 is 5.32 Å². The lowest BCUT2D eigenvalue weighted by atomic mass is 10.1. The van der Waals surface area contributed by atoms with Crippen molar-refractivity contribution in [3.05, 3.63) is 18.0 Å². The minimum absolute atomic E-state index is 0.